The molecule has 5 heteroatoms. The Kier molecular flexibility index (Phi) is 2.57. The van der Waals surface area contributed by atoms with Crippen molar-refractivity contribution in [3.8, 4) is 11.3 Å². The maximum Gasteiger partial charge on any atom is 0.154 e. The van der Waals surface area contributed by atoms with E-state index in [2.05, 4.69) is 31.5 Å². The van der Waals surface area contributed by atoms with Gasteiger partial charge in [0.05, 0.1) is 0 Å². The van der Waals surface area contributed by atoms with Crippen LogP contribution in [-0.2, 0) is 0 Å². The summed E-state index contributed by atoms with van der Waals surface area (Å²) in [6.45, 7) is 0. The lowest BCUT2D eigenvalue weighted by atomic mass is 10.1. The van der Waals surface area contributed by atoms with E-state index in [4.69, 9.17) is 5.73 Å². The average Bonchev–Trinajstić information content (AvgIpc) is 2.77. The molecule has 2 N–H and O–H groups in total. The average molecular weight is 306 g/mol. The quantitative estimate of drug-likeness (QED) is 0.746. The molecule has 3 aromatic rings. The highest BCUT2D eigenvalue weighted by Gasteiger charge is 2.11. The molecule has 1 aromatic carbocycles. The first-order valence-corrected chi connectivity index (χ1v) is 6.74. The molecule has 0 bridgehead atoms. The number of nitrogens with two attached hydrogens (primary N) is 1. The first-order chi connectivity index (χ1) is 8.27. The van der Waals surface area contributed by atoms with Crippen molar-refractivity contribution in [2.45, 2.75) is 0 Å². The Morgan fingerprint density at radius 1 is 1.06 bits per heavy atom. The van der Waals surface area contributed by atoms with Gasteiger partial charge in [-0.15, -0.1) is 10.2 Å². The molecule has 0 aliphatic rings. The molecule has 0 radical (unpaired) electrons. The number of fused-ring (bicyclic) bond motifs is 1. The Balaban J connectivity index is 2.39. The van der Waals surface area contributed by atoms with Crippen LogP contribution in [0.4, 0.5) is 5.82 Å². The third-order valence-corrected chi connectivity index (χ3v) is 4.29. The van der Waals surface area contributed by atoms with Crippen LogP contribution in [0.1, 0.15) is 0 Å². The maximum absolute atomic E-state index is 5.83. The van der Waals surface area contributed by atoms with Crippen LogP contribution in [0, 0.1) is 0 Å². The molecule has 0 amide bonds. The van der Waals surface area contributed by atoms with Gasteiger partial charge in [-0.2, -0.15) is 11.3 Å². The van der Waals surface area contributed by atoms with Gasteiger partial charge in [-0.25, -0.2) is 0 Å². The minimum Gasteiger partial charge on any atom is -0.382 e. The number of nitrogens with zero attached hydrogens (tertiary/aromatic N) is 2. The third-order valence-electron chi connectivity index (χ3n) is 2.59. The summed E-state index contributed by atoms with van der Waals surface area (Å²) in [5, 5.41) is 14.3. The fourth-order valence-electron chi connectivity index (χ4n) is 1.77. The number of aromatic nitrogens is 2. The van der Waals surface area contributed by atoms with Crippen LogP contribution in [0.5, 0.6) is 0 Å². The Bertz CT molecular complexity index is 693. The van der Waals surface area contributed by atoms with E-state index in [1.54, 1.807) is 11.3 Å². The van der Waals surface area contributed by atoms with Crippen molar-refractivity contribution in [3.05, 3.63) is 39.5 Å². The van der Waals surface area contributed by atoms with Gasteiger partial charge in [0.25, 0.3) is 0 Å². The molecule has 0 spiro atoms. The van der Waals surface area contributed by atoms with Gasteiger partial charge in [0.15, 0.2) is 5.82 Å². The fraction of sp³-hybridized carbons (Fsp3) is 0. The first-order valence-electron chi connectivity index (χ1n) is 5.00. The second kappa shape index (κ2) is 4.09. The summed E-state index contributed by atoms with van der Waals surface area (Å²) in [6.07, 6.45) is 0. The Morgan fingerprint density at radius 2 is 1.82 bits per heavy atom. The summed E-state index contributed by atoms with van der Waals surface area (Å²) in [5.74, 6) is 0.468. The van der Waals surface area contributed by atoms with E-state index < -0.39 is 0 Å². The van der Waals surface area contributed by atoms with E-state index in [1.165, 1.54) is 0 Å². The lowest BCUT2D eigenvalue weighted by Crippen LogP contribution is -1.97. The largest absolute Gasteiger partial charge is 0.382 e. The Morgan fingerprint density at radius 3 is 2.53 bits per heavy atom. The molecule has 17 heavy (non-hydrogen) atoms. The smallest absolute Gasteiger partial charge is 0.154 e. The summed E-state index contributed by atoms with van der Waals surface area (Å²) < 4.78 is 1.03. The zero-order valence-corrected chi connectivity index (χ0v) is 11.1. The zero-order chi connectivity index (χ0) is 11.8. The van der Waals surface area contributed by atoms with Gasteiger partial charge >= 0.3 is 0 Å². The number of halogens is 1. The minimum absolute atomic E-state index is 0.468. The highest BCUT2D eigenvalue weighted by molar-refractivity contribution is 9.10. The van der Waals surface area contributed by atoms with Gasteiger partial charge in [-0.05, 0) is 15.9 Å². The monoisotopic (exact) mass is 305 g/mol. The van der Waals surface area contributed by atoms with E-state index >= 15 is 0 Å². The maximum atomic E-state index is 5.83. The van der Waals surface area contributed by atoms with E-state index in [1.807, 2.05) is 29.6 Å². The van der Waals surface area contributed by atoms with Gasteiger partial charge in [-0.3, -0.25) is 0 Å². The second-order valence-corrected chi connectivity index (χ2v) is 5.21. The molecule has 3 nitrogen and oxygen atoms in total. The molecule has 0 aliphatic heterocycles. The molecule has 0 unspecified atom stereocenters. The number of nitrogen functional groups attached to an aromatic ring is 1. The van der Waals surface area contributed by atoms with Crippen molar-refractivity contribution in [2.24, 2.45) is 0 Å². The molecule has 0 saturated heterocycles. The minimum atomic E-state index is 0.468. The first kappa shape index (κ1) is 10.7. The molecule has 2 heterocycles. The van der Waals surface area contributed by atoms with Crippen LogP contribution in [0.3, 0.4) is 0 Å². The van der Waals surface area contributed by atoms with E-state index in [-0.39, 0.29) is 0 Å². The summed E-state index contributed by atoms with van der Waals surface area (Å²) >= 11 is 5.15. The SMILES string of the molecule is Nc1nnc(-c2cscc2Br)c2ccccc12. The lowest BCUT2D eigenvalue weighted by Gasteiger charge is -2.05. The lowest BCUT2D eigenvalue weighted by molar-refractivity contribution is 1.07. The second-order valence-electron chi connectivity index (χ2n) is 3.61. The van der Waals surface area contributed by atoms with Crippen molar-refractivity contribution >= 4 is 43.9 Å². The molecule has 3 rings (SSSR count). The Labute approximate surface area is 110 Å². The molecule has 0 aliphatic carbocycles. The summed E-state index contributed by atoms with van der Waals surface area (Å²) in [6, 6.07) is 7.91. The molecule has 84 valence electrons. The number of hydrogen-bond acceptors (Lipinski definition) is 4. The number of benzene rings is 1. The normalized spacial score (nSPS) is 10.9. The van der Waals surface area contributed by atoms with E-state index in [0.717, 1.165) is 26.5 Å². The van der Waals surface area contributed by atoms with Crippen molar-refractivity contribution in [1.82, 2.24) is 10.2 Å². The van der Waals surface area contributed by atoms with Gasteiger partial charge < -0.3 is 5.73 Å². The van der Waals surface area contributed by atoms with Crippen LogP contribution in [0.25, 0.3) is 22.0 Å². The van der Waals surface area contributed by atoms with Crippen LogP contribution in [0.15, 0.2) is 39.5 Å². The topological polar surface area (TPSA) is 51.8 Å². The van der Waals surface area contributed by atoms with Crippen molar-refractivity contribution in [3.63, 3.8) is 0 Å². The summed E-state index contributed by atoms with van der Waals surface area (Å²) in [7, 11) is 0. The highest BCUT2D eigenvalue weighted by Crippen LogP contribution is 2.35. The number of thiophene rings is 1. The molecule has 0 saturated carbocycles. The molecular weight excluding hydrogens is 298 g/mol. The Hall–Kier alpha value is -1.46. The third kappa shape index (κ3) is 1.71. The van der Waals surface area contributed by atoms with Crippen LogP contribution >= 0.6 is 27.3 Å². The van der Waals surface area contributed by atoms with Crippen molar-refractivity contribution in [2.75, 3.05) is 5.73 Å². The van der Waals surface area contributed by atoms with Gasteiger partial charge in [0, 0.05) is 31.6 Å². The van der Waals surface area contributed by atoms with E-state index in [9.17, 15) is 0 Å². The molecule has 0 fully saturated rings. The predicted molar refractivity (Wildman–Crippen MR) is 75.0 cm³/mol. The fourth-order valence-corrected chi connectivity index (χ4v) is 3.24. The number of rotatable bonds is 1. The van der Waals surface area contributed by atoms with Gasteiger partial charge in [0.2, 0.25) is 0 Å². The molecular formula is C12H8BrN3S. The standard InChI is InChI=1S/C12H8BrN3S/c13-10-6-17-5-9(10)11-7-3-1-2-4-8(7)12(14)16-15-11/h1-6H,(H2,14,16). The number of hydrogen-bond donors (Lipinski definition) is 1. The van der Waals surface area contributed by atoms with Gasteiger partial charge in [0.1, 0.15) is 5.69 Å². The van der Waals surface area contributed by atoms with Crippen LogP contribution in [-0.4, -0.2) is 10.2 Å². The van der Waals surface area contributed by atoms with Crippen LogP contribution in [0.2, 0.25) is 0 Å². The number of anilines is 1. The molecule has 2 aromatic heterocycles. The molecule has 0 atom stereocenters. The highest BCUT2D eigenvalue weighted by atomic mass is 79.9. The van der Waals surface area contributed by atoms with E-state index in [0.29, 0.717) is 5.82 Å². The zero-order valence-electron chi connectivity index (χ0n) is 8.72. The van der Waals surface area contributed by atoms with Crippen molar-refractivity contribution in [1.29, 1.82) is 0 Å². The van der Waals surface area contributed by atoms with Crippen LogP contribution < -0.4 is 5.73 Å². The predicted octanol–water partition coefficient (Wildman–Crippen LogP) is 3.70. The van der Waals surface area contributed by atoms with Crippen molar-refractivity contribution < 1.29 is 0 Å². The van der Waals surface area contributed by atoms with Gasteiger partial charge in [-0.1, -0.05) is 24.3 Å². The summed E-state index contributed by atoms with van der Waals surface area (Å²) in [4.78, 5) is 0. The summed E-state index contributed by atoms with van der Waals surface area (Å²) in [5.41, 5.74) is 7.75.